The lowest BCUT2D eigenvalue weighted by Crippen LogP contribution is -2.54. The standard InChI is InChI=1S/C16H27N3O/c1-18(2)15-9-6-10-19(11-15)12-16(17,13-20)14-7-4-3-5-8-14/h3-5,7-8,15,20H,6,9-13,17H2,1-2H3. The Kier molecular flexibility index (Phi) is 5.16. The number of likely N-dealkylation sites (N-methyl/N-ethyl adjacent to an activating group) is 1. The molecule has 2 atom stereocenters. The van der Waals surface area contributed by atoms with E-state index >= 15 is 0 Å². The zero-order chi connectivity index (χ0) is 14.6. The van der Waals surface area contributed by atoms with Gasteiger partial charge in [-0.3, -0.25) is 4.90 Å². The van der Waals surface area contributed by atoms with Gasteiger partial charge in [-0.15, -0.1) is 0 Å². The molecule has 2 unspecified atom stereocenters. The summed E-state index contributed by atoms with van der Waals surface area (Å²) in [6.45, 7) is 2.77. The molecule has 4 nitrogen and oxygen atoms in total. The van der Waals surface area contributed by atoms with Crippen LogP contribution in [0.4, 0.5) is 0 Å². The first-order valence-corrected chi connectivity index (χ1v) is 7.39. The van der Waals surface area contributed by atoms with E-state index in [9.17, 15) is 5.11 Å². The van der Waals surface area contributed by atoms with Crippen LogP contribution >= 0.6 is 0 Å². The number of rotatable bonds is 5. The van der Waals surface area contributed by atoms with E-state index in [1.54, 1.807) is 0 Å². The zero-order valence-corrected chi connectivity index (χ0v) is 12.6. The quantitative estimate of drug-likeness (QED) is 0.838. The van der Waals surface area contributed by atoms with Crippen LogP contribution in [0.15, 0.2) is 30.3 Å². The molecular formula is C16H27N3O. The third kappa shape index (κ3) is 3.58. The topological polar surface area (TPSA) is 52.7 Å². The number of nitrogens with zero attached hydrogens (tertiary/aromatic N) is 2. The van der Waals surface area contributed by atoms with E-state index in [2.05, 4.69) is 23.9 Å². The van der Waals surface area contributed by atoms with Gasteiger partial charge in [0.15, 0.2) is 0 Å². The smallest absolute Gasteiger partial charge is 0.0772 e. The maximum atomic E-state index is 9.78. The first-order valence-electron chi connectivity index (χ1n) is 7.39. The van der Waals surface area contributed by atoms with E-state index in [4.69, 9.17) is 5.73 Å². The minimum Gasteiger partial charge on any atom is -0.394 e. The Morgan fingerprint density at radius 2 is 2.05 bits per heavy atom. The Labute approximate surface area is 122 Å². The Hall–Kier alpha value is -0.940. The van der Waals surface area contributed by atoms with Crippen molar-refractivity contribution in [1.82, 2.24) is 9.80 Å². The normalized spacial score (nSPS) is 23.8. The van der Waals surface area contributed by atoms with Crippen LogP contribution in [-0.4, -0.2) is 61.3 Å². The summed E-state index contributed by atoms with van der Waals surface area (Å²) in [5.74, 6) is 0. The number of piperidine rings is 1. The molecule has 4 heteroatoms. The highest BCUT2D eigenvalue weighted by molar-refractivity contribution is 5.24. The summed E-state index contributed by atoms with van der Waals surface area (Å²) in [7, 11) is 4.26. The van der Waals surface area contributed by atoms with Crippen LogP contribution in [-0.2, 0) is 5.54 Å². The van der Waals surface area contributed by atoms with Crippen molar-refractivity contribution in [1.29, 1.82) is 0 Å². The SMILES string of the molecule is CN(C)C1CCCN(CC(N)(CO)c2ccccc2)C1. The highest BCUT2D eigenvalue weighted by Crippen LogP contribution is 2.22. The molecule has 2 rings (SSSR count). The van der Waals surface area contributed by atoms with Crippen molar-refractivity contribution in [3.8, 4) is 0 Å². The van der Waals surface area contributed by atoms with Gasteiger partial charge in [-0.25, -0.2) is 0 Å². The van der Waals surface area contributed by atoms with Crippen LogP contribution in [0.25, 0.3) is 0 Å². The molecule has 3 N–H and O–H groups in total. The first-order chi connectivity index (χ1) is 9.55. The second-order valence-corrected chi connectivity index (χ2v) is 6.18. The number of hydrogen-bond acceptors (Lipinski definition) is 4. The molecule has 0 spiro atoms. The van der Waals surface area contributed by atoms with Crippen LogP contribution in [0.5, 0.6) is 0 Å². The molecule has 1 heterocycles. The fourth-order valence-electron chi connectivity index (χ4n) is 3.00. The molecular weight excluding hydrogens is 250 g/mol. The highest BCUT2D eigenvalue weighted by atomic mass is 16.3. The van der Waals surface area contributed by atoms with Gasteiger partial charge in [0.1, 0.15) is 0 Å². The Balaban J connectivity index is 2.06. The molecule has 1 fully saturated rings. The lowest BCUT2D eigenvalue weighted by atomic mass is 9.90. The van der Waals surface area contributed by atoms with Crippen molar-refractivity contribution in [2.75, 3.05) is 40.3 Å². The minimum atomic E-state index is -0.671. The van der Waals surface area contributed by atoms with Crippen molar-refractivity contribution in [3.05, 3.63) is 35.9 Å². The van der Waals surface area contributed by atoms with E-state index in [0.717, 1.165) is 18.7 Å². The summed E-state index contributed by atoms with van der Waals surface area (Å²) in [5, 5.41) is 9.78. The van der Waals surface area contributed by atoms with Crippen LogP contribution in [0, 0.1) is 0 Å². The number of benzene rings is 1. The van der Waals surface area contributed by atoms with Gasteiger partial charge in [0, 0.05) is 19.1 Å². The van der Waals surface area contributed by atoms with Crippen LogP contribution in [0.3, 0.4) is 0 Å². The van der Waals surface area contributed by atoms with Gasteiger partial charge in [0.25, 0.3) is 0 Å². The van der Waals surface area contributed by atoms with Gasteiger partial charge in [-0.2, -0.15) is 0 Å². The van der Waals surface area contributed by atoms with Crippen molar-refractivity contribution in [2.45, 2.75) is 24.4 Å². The second kappa shape index (κ2) is 6.68. The van der Waals surface area contributed by atoms with Gasteiger partial charge in [0.2, 0.25) is 0 Å². The summed E-state index contributed by atoms with van der Waals surface area (Å²) in [4.78, 5) is 4.67. The molecule has 0 radical (unpaired) electrons. The molecule has 1 aliphatic heterocycles. The van der Waals surface area contributed by atoms with Crippen molar-refractivity contribution in [2.24, 2.45) is 5.73 Å². The molecule has 1 aromatic carbocycles. The molecule has 0 bridgehead atoms. The maximum absolute atomic E-state index is 9.78. The molecule has 1 saturated heterocycles. The van der Waals surface area contributed by atoms with Gasteiger partial charge in [-0.05, 0) is 39.0 Å². The second-order valence-electron chi connectivity index (χ2n) is 6.18. The molecule has 20 heavy (non-hydrogen) atoms. The third-order valence-corrected chi connectivity index (χ3v) is 4.35. The molecule has 0 saturated carbocycles. The van der Waals surface area contributed by atoms with E-state index in [-0.39, 0.29) is 6.61 Å². The average Bonchev–Trinajstić information content (AvgIpc) is 2.48. The molecule has 0 aromatic heterocycles. The number of nitrogens with two attached hydrogens (primary N) is 1. The van der Waals surface area contributed by atoms with Crippen LogP contribution in [0.1, 0.15) is 18.4 Å². The van der Waals surface area contributed by atoms with Gasteiger partial charge < -0.3 is 15.7 Å². The van der Waals surface area contributed by atoms with Gasteiger partial charge in [0.05, 0.1) is 12.1 Å². The molecule has 112 valence electrons. The monoisotopic (exact) mass is 277 g/mol. The molecule has 0 aliphatic carbocycles. The molecule has 1 aromatic rings. The zero-order valence-electron chi connectivity index (χ0n) is 12.6. The first kappa shape index (κ1) is 15.4. The average molecular weight is 277 g/mol. The fraction of sp³-hybridized carbons (Fsp3) is 0.625. The molecule has 1 aliphatic rings. The maximum Gasteiger partial charge on any atom is 0.0772 e. The summed E-state index contributed by atoms with van der Waals surface area (Å²) >= 11 is 0. The van der Waals surface area contributed by atoms with Gasteiger partial charge in [-0.1, -0.05) is 30.3 Å². The van der Waals surface area contributed by atoms with Crippen molar-refractivity contribution >= 4 is 0 Å². The van der Waals surface area contributed by atoms with Gasteiger partial charge >= 0.3 is 0 Å². The van der Waals surface area contributed by atoms with E-state index in [0.29, 0.717) is 12.6 Å². The summed E-state index contributed by atoms with van der Waals surface area (Å²) < 4.78 is 0. The van der Waals surface area contributed by atoms with E-state index in [1.165, 1.54) is 12.8 Å². The number of aliphatic hydroxyl groups is 1. The number of likely N-dealkylation sites (tertiary alicyclic amines) is 1. The number of hydrogen-bond donors (Lipinski definition) is 2. The van der Waals surface area contributed by atoms with Crippen LogP contribution in [0.2, 0.25) is 0 Å². The minimum absolute atomic E-state index is 0.0276. The number of aliphatic hydroxyl groups excluding tert-OH is 1. The molecule has 0 amide bonds. The lowest BCUT2D eigenvalue weighted by molar-refractivity contribution is 0.0864. The summed E-state index contributed by atoms with van der Waals surface area (Å²) in [6.07, 6.45) is 2.44. The Morgan fingerprint density at radius 1 is 1.35 bits per heavy atom. The van der Waals surface area contributed by atoms with E-state index < -0.39 is 5.54 Å². The third-order valence-electron chi connectivity index (χ3n) is 4.35. The van der Waals surface area contributed by atoms with E-state index in [1.807, 2.05) is 30.3 Å². The van der Waals surface area contributed by atoms with Crippen molar-refractivity contribution in [3.63, 3.8) is 0 Å². The predicted molar refractivity (Wildman–Crippen MR) is 82.5 cm³/mol. The predicted octanol–water partition coefficient (Wildman–Crippen LogP) is 0.859. The summed E-state index contributed by atoms with van der Waals surface area (Å²) in [6, 6.07) is 10.5. The Bertz CT molecular complexity index is 409. The lowest BCUT2D eigenvalue weighted by Gasteiger charge is -2.40. The Morgan fingerprint density at radius 3 is 2.65 bits per heavy atom. The summed E-state index contributed by atoms with van der Waals surface area (Å²) in [5.41, 5.74) is 6.80. The van der Waals surface area contributed by atoms with Crippen molar-refractivity contribution < 1.29 is 5.11 Å². The largest absolute Gasteiger partial charge is 0.394 e. The fourth-order valence-corrected chi connectivity index (χ4v) is 3.00. The highest BCUT2D eigenvalue weighted by Gasteiger charge is 2.31. The van der Waals surface area contributed by atoms with Crippen LogP contribution < -0.4 is 5.73 Å².